The number of carbonyl (C=O) groups is 1. The van der Waals surface area contributed by atoms with E-state index in [9.17, 15) is 4.79 Å². The maximum Gasteiger partial charge on any atom is 0.266 e. The second kappa shape index (κ2) is 8.31. The van der Waals surface area contributed by atoms with Crippen molar-refractivity contribution in [2.45, 2.75) is 13.8 Å². The molecule has 27 heavy (non-hydrogen) atoms. The number of rotatable bonds is 5. The molecular weight excluding hydrogens is 360 g/mol. The Labute approximate surface area is 163 Å². The molecule has 140 valence electrons. The number of methoxy groups -OCH3 is 2. The van der Waals surface area contributed by atoms with Crippen molar-refractivity contribution in [3.8, 4) is 11.5 Å². The topological polar surface area (TPSA) is 51.1 Å². The number of amidine groups is 1. The summed E-state index contributed by atoms with van der Waals surface area (Å²) in [7, 11) is 3.22. The number of ether oxygens (including phenoxy) is 2. The summed E-state index contributed by atoms with van der Waals surface area (Å²) in [5, 5.41) is 0.680. The van der Waals surface area contributed by atoms with Gasteiger partial charge in [-0.1, -0.05) is 17.7 Å². The van der Waals surface area contributed by atoms with Crippen molar-refractivity contribution in [3.05, 3.63) is 58.5 Å². The Hall–Kier alpha value is -2.73. The van der Waals surface area contributed by atoms with Crippen molar-refractivity contribution in [3.63, 3.8) is 0 Å². The van der Waals surface area contributed by atoms with E-state index >= 15 is 0 Å². The van der Waals surface area contributed by atoms with Crippen LogP contribution in [0, 0.1) is 6.92 Å². The van der Waals surface area contributed by atoms with Crippen molar-refractivity contribution in [2.24, 2.45) is 4.99 Å². The van der Waals surface area contributed by atoms with Gasteiger partial charge in [0.2, 0.25) is 0 Å². The van der Waals surface area contributed by atoms with Crippen LogP contribution in [0.25, 0.3) is 6.08 Å². The van der Waals surface area contributed by atoms with Gasteiger partial charge in [-0.25, -0.2) is 4.99 Å². The predicted octanol–water partition coefficient (Wildman–Crippen LogP) is 4.64. The number of likely N-dealkylation sites (N-methyl/N-ethyl adjacent to an activating group) is 1. The molecule has 1 amide bonds. The van der Waals surface area contributed by atoms with Gasteiger partial charge in [0.1, 0.15) is 11.5 Å². The highest BCUT2D eigenvalue weighted by Gasteiger charge is 2.32. The second-order valence-corrected chi connectivity index (χ2v) is 7.01. The molecule has 1 fully saturated rings. The predicted molar refractivity (Wildman–Crippen MR) is 111 cm³/mol. The number of aryl methyl sites for hydroxylation is 1. The molecule has 0 spiro atoms. The summed E-state index contributed by atoms with van der Waals surface area (Å²) in [5.41, 5.74) is 2.79. The summed E-state index contributed by atoms with van der Waals surface area (Å²) in [6.07, 6.45) is 1.83. The van der Waals surface area contributed by atoms with Gasteiger partial charge in [-0.05, 0) is 62.0 Å². The average Bonchev–Trinajstić information content (AvgIpc) is 2.97. The Bertz CT molecular complexity index is 904. The van der Waals surface area contributed by atoms with Crippen LogP contribution in [0.3, 0.4) is 0 Å². The Morgan fingerprint density at radius 1 is 1.11 bits per heavy atom. The van der Waals surface area contributed by atoms with Gasteiger partial charge in [-0.2, -0.15) is 0 Å². The summed E-state index contributed by atoms with van der Waals surface area (Å²) in [6, 6.07) is 13.4. The number of hydrogen-bond acceptors (Lipinski definition) is 5. The van der Waals surface area contributed by atoms with Crippen molar-refractivity contribution in [1.82, 2.24) is 4.90 Å². The Morgan fingerprint density at radius 3 is 2.48 bits per heavy atom. The molecule has 5 nitrogen and oxygen atoms in total. The lowest BCUT2D eigenvalue weighted by Gasteiger charge is -2.12. The molecule has 0 unspecified atom stereocenters. The summed E-state index contributed by atoms with van der Waals surface area (Å²) in [5.74, 6) is 1.33. The Balaban J connectivity index is 1.97. The van der Waals surface area contributed by atoms with Gasteiger partial charge in [-0.15, -0.1) is 0 Å². The molecule has 2 aromatic rings. The summed E-state index contributed by atoms with van der Waals surface area (Å²) in [4.78, 5) is 19.8. The molecule has 0 radical (unpaired) electrons. The number of hydrogen-bond donors (Lipinski definition) is 0. The lowest BCUT2D eigenvalue weighted by atomic mass is 10.1. The van der Waals surface area contributed by atoms with E-state index in [2.05, 4.69) is 4.99 Å². The van der Waals surface area contributed by atoms with Gasteiger partial charge in [0.15, 0.2) is 5.17 Å². The van der Waals surface area contributed by atoms with Crippen molar-refractivity contribution >= 4 is 34.6 Å². The van der Waals surface area contributed by atoms with E-state index < -0.39 is 0 Å². The fraction of sp³-hybridized carbons (Fsp3) is 0.238. The normalized spacial score (nSPS) is 17.0. The van der Waals surface area contributed by atoms with Crippen LogP contribution in [0.4, 0.5) is 5.69 Å². The molecule has 1 aliphatic rings. The molecule has 1 saturated heterocycles. The molecule has 1 aliphatic heterocycles. The first-order chi connectivity index (χ1) is 13.0. The van der Waals surface area contributed by atoms with E-state index in [4.69, 9.17) is 9.47 Å². The zero-order valence-electron chi connectivity index (χ0n) is 15.9. The summed E-state index contributed by atoms with van der Waals surface area (Å²) >= 11 is 1.37. The number of benzene rings is 2. The number of thioether (sulfide) groups is 1. The first-order valence-electron chi connectivity index (χ1n) is 8.64. The molecule has 0 atom stereocenters. The maximum absolute atomic E-state index is 12.8. The fourth-order valence-electron chi connectivity index (χ4n) is 2.69. The van der Waals surface area contributed by atoms with Crippen LogP contribution in [0.15, 0.2) is 52.4 Å². The van der Waals surface area contributed by atoms with Gasteiger partial charge in [0.05, 0.1) is 24.8 Å². The van der Waals surface area contributed by atoms with Crippen LogP contribution in [-0.4, -0.2) is 36.7 Å². The molecule has 0 bridgehead atoms. The van der Waals surface area contributed by atoms with Crippen LogP contribution in [0.1, 0.15) is 18.1 Å². The minimum absolute atomic E-state index is 0.0572. The van der Waals surface area contributed by atoms with E-state index in [0.717, 1.165) is 11.3 Å². The van der Waals surface area contributed by atoms with Gasteiger partial charge < -0.3 is 9.47 Å². The third-order valence-corrected chi connectivity index (χ3v) is 5.19. The van der Waals surface area contributed by atoms with Crippen molar-refractivity contribution in [1.29, 1.82) is 0 Å². The van der Waals surface area contributed by atoms with Crippen LogP contribution < -0.4 is 9.47 Å². The quantitative estimate of drug-likeness (QED) is 0.707. The highest BCUT2D eigenvalue weighted by atomic mass is 32.2. The largest absolute Gasteiger partial charge is 0.497 e. The summed E-state index contributed by atoms with van der Waals surface area (Å²) in [6.45, 7) is 4.53. The first-order valence-corrected chi connectivity index (χ1v) is 9.46. The molecule has 3 rings (SSSR count). The minimum Gasteiger partial charge on any atom is -0.497 e. The lowest BCUT2D eigenvalue weighted by Crippen LogP contribution is -2.28. The molecule has 0 aromatic heterocycles. The maximum atomic E-state index is 12.8. The molecule has 2 aromatic carbocycles. The zero-order chi connectivity index (χ0) is 19.4. The minimum atomic E-state index is -0.0572. The molecule has 0 N–H and O–H groups in total. The van der Waals surface area contributed by atoms with Crippen molar-refractivity contribution in [2.75, 3.05) is 20.8 Å². The monoisotopic (exact) mass is 382 g/mol. The third-order valence-electron chi connectivity index (χ3n) is 4.19. The SMILES string of the molecule is CCN1C(=O)/C(=C\c2cc(OC)ccc2OC)SC1=Nc1ccc(C)cc1. The highest BCUT2D eigenvalue weighted by molar-refractivity contribution is 8.18. The first kappa shape index (κ1) is 19.0. The van der Waals surface area contributed by atoms with Crippen LogP contribution in [0.2, 0.25) is 0 Å². The van der Waals surface area contributed by atoms with E-state index in [0.29, 0.717) is 28.1 Å². The fourth-order valence-corrected chi connectivity index (χ4v) is 3.75. The second-order valence-electron chi connectivity index (χ2n) is 6.00. The number of aliphatic imine (C=N–C) groups is 1. The van der Waals surface area contributed by atoms with Crippen LogP contribution >= 0.6 is 11.8 Å². The van der Waals surface area contributed by atoms with E-state index in [1.165, 1.54) is 17.3 Å². The van der Waals surface area contributed by atoms with Gasteiger partial charge in [0.25, 0.3) is 5.91 Å². The summed E-state index contributed by atoms with van der Waals surface area (Å²) < 4.78 is 10.7. The van der Waals surface area contributed by atoms with Gasteiger partial charge in [0, 0.05) is 12.1 Å². The Morgan fingerprint density at radius 2 is 1.85 bits per heavy atom. The van der Waals surface area contributed by atoms with Crippen LogP contribution in [0.5, 0.6) is 11.5 Å². The Kier molecular flexibility index (Phi) is 5.86. The van der Waals surface area contributed by atoms with E-state index in [-0.39, 0.29) is 5.91 Å². The molecule has 0 saturated carbocycles. The van der Waals surface area contributed by atoms with E-state index in [1.54, 1.807) is 19.1 Å². The molecule has 0 aliphatic carbocycles. The molecule has 6 heteroatoms. The van der Waals surface area contributed by atoms with E-state index in [1.807, 2.05) is 62.4 Å². The highest BCUT2D eigenvalue weighted by Crippen LogP contribution is 2.36. The average molecular weight is 382 g/mol. The molecular formula is C21H22N2O3S. The third kappa shape index (κ3) is 4.17. The van der Waals surface area contributed by atoms with Gasteiger partial charge in [-0.3, -0.25) is 9.69 Å². The number of amides is 1. The van der Waals surface area contributed by atoms with Gasteiger partial charge >= 0.3 is 0 Å². The standard InChI is InChI=1S/C21H22N2O3S/c1-5-23-20(24)19(13-15-12-17(25-3)10-11-18(15)26-4)27-21(23)22-16-8-6-14(2)7-9-16/h6-13H,5H2,1-4H3/b19-13+,22-21?. The lowest BCUT2D eigenvalue weighted by molar-refractivity contribution is -0.122. The van der Waals surface area contributed by atoms with Crippen molar-refractivity contribution < 1.29 is 14.3 Å². The zero-order valence-corrected chi connectivity index (χ0v) is 16.7. The number of nitrogens with zero attached hydrogens (tertiary/aromatic N) is 2. The number of carbonyl (C=O) groups excluding carboxylic acids is 1. The molecule has 1 heterocycles. The smallest absolute Gasteiger partial charge is 0.266 e. The van der Waals surface area contributed by atoms with Crippen LogP contribution in [-0.2, 0) is 4.79 Å².